The molecular weight excluding hydrogens is 244 g/mol. The summed E-state index contributed by atoms with van der Waals surface area (Å²) in [5.41, 5.74) is 1.23. The predicted octanol–water partition coefficient (Wildman–Crippen LogP) is 3.24. The summed E-state index contributed by atoms with van der Waals surface area (Å²) < 4.78 is 6.42. The van der Waals surface area contributed by atoms with Crippen LogP contribution in [0.4, 0.5) is 0 Å². The van der Waals surface area contributed by atoms with E-state index in [1.807, 2.05) is 18.2 Å². The number of nitrogens with zero attached hydrogens (tertiary/aromatic N) is 1. The van der Waals surface area contributed by atoms with Gasteiger partial charge in [0.15, 0.2) is 0 Å². The van der Waals surface area contributed by atoms with Crippen molar-refractivity contribution in [1.82, 2.24) is 10.3 Å². The highest BCUT2D eigenvalue weighted by atomic mass is 32.1. The molecule has 0 saturated carbocycles. The van der Waals surface area contributed by atoms with E-state index in [1.165, 1.54) is 9.71 Å². The molecule has 4 heteroatoms. The maximum atomic E-state index is 5.22. The number of benzene rings is 1. The average Bonchev–Trinajstić information content (AvgIpc) is 2.68. The lowest BCUT2D eigenvalue weighted by molar-refractivity contribution is 0.415. The number of thiazole rings is 1. The Morgan fingerprint density at radius 2 is 2.11 bits per heavy atom. The normalized spacial score (nSPS) is 12.0. The number of hydrogen-bond donors (Lipinski definition) is 1. The first-order valence-corrected chi connectivity index (χ1v) is 6.98. The number of methoxy groups -OCH3 is 1. The SMILES string of the molecule is COc1ccc2nc(CCNC(C)(C)C)sc2c1. The lowest BCUT2D eigenvalue weighted by atomic mass is 10.1. The minimum Gasteiger partial charge on any atom is -0.497 e. The van der Waals surface area contributed by atoms with Crippen molar-refractivity contribution in [2.75, 3.05) is 13.7 Å². The van der Waals surface area contributed by atoms with Gasteiger partial charge in [0.25, 0.3) is 0 Å². The molecule has 0 aliphatic carbocycles. The number of aromatic nitrogens is 1. The van der Waals surface area contributed by atoms with Crippen LogP contribution in [-0.2, 0) is 6.42 Å². The third-order valence-corrected chi connectivity index (χ3v) is 3.71. The van der Waals surface area contributed by atoms with E-state index in [0.29, 0.717) is 0 Å². The first-order chi connectivity index (χ1) is 8.48. The Morgan fingerprint density at radius 1 is 1.33 bits per heavy atom. The van der Waals surface area contributed by atoms with Crippen molar-refractivity contribution in [1.29, 1.82) is 0 Å². The van der Waals surface area contributed by atoms with Gasteiger partial charge in [-0.3, -0.25) is 0 Å². The zero-order valence-corrected chi connectivity index (χ0v) is 12.2. The molecule has 2 aromatic rings. The summed E-state index contributed by atoms with van der Waals surface area (Å²) in [6, 6.07) is 6.03. The number of ether oxygens (including phenoxy) is 1. The summed E-state index contributed by atoms with van der Waals surface area (Å²) in [6.07, 6.45) is 0.971. The fourth-order valence-corrected chi connectivity index (χ4v) is 2.73. The van der Waals surface area contributed by atoms with Crippen molar-refractivity contribution in [3.05, 3.63) is 23.2 Å². The second-order valence-corrected chi connectivity index (χ2v) is 6.48. The summed E-state index contributed by atoms with van der Waals surface area (Å²) in [7, 11) is 1.69. The van der Waals surface area contributed by atoms with Crippen LogP contribution in [0.5, 0.6) is 5.75 Å². The van der Waals surface area contributed by atoms with Crippen LogP contribution < -0.4 is 10.1 Å². The second kappa shape index (κ2) is 5.24. The minimum atomic E-state index is 0.167. The van der Waals surface area contributed by atoms with Crippen molar-refractivity contribution in [3.8, 4) is 5.75 Å². The third kappa shape index (κ3) is 3.43. The molecule has 1 heterocycles. The fourth-order valence-electron chi connectivity index (χ4n) is 1.73. The highest BCUT2D eigenvalue weighted by Crippen LogP contribution is 2.26. The summed E-state index contributed by atoms with van der Waals surface area (Å²) in [5, 5.41) is 4.66. The Morgan fingerprint density at radius 3 is 2.78 bits per heavy atom. The second-order valence-electron chi connectivity index (χ2n) is 5.37. The van der Waals surface area contributed by atoms with Gasteiger partial charge in [-0.05, 0) is 39.0 Å². The van der Waals surface area contributed by atoms with E-state index < -0.39 is 0 Å². The van der Waals surface area contributed by atoms with Crippen LogP contribution in [0.1, 0.15) is 25.8 Å². The number of nitrogens with one attached hydrogen (secondary N) is 1. The van der Waals surface area contributed by atoms with Crippen molar-refractivity contribution >= 4 is 21.6 Å². The third-order valence-electron chi connectivity index (χ3n) is 2.63. The maximum Gasteiger partial charge on any atom is 0.120 e. The minimum absolute atomic E-state index is 0.167. The molecule has 18 heavy (non-hydrogen) atoms. The summed E-state index contributed by atoms with van der Waals surface area (Å²) in [5.74, 6) is 0.894. The number of hydrogen-bond acceptors (Lipinski definition) is 4. The van der Waals surface area contributed by atoms with Crippen LogP contribution in [0.15, 0.2) is 18.2 Å². The average molecular weight is 264 g/mol. The molecule has 0 bridgehead atoms. The Kier molecular flexibility index (Phi) is 3.88. The van der Waals surface area contributed by atoms with E-state index in [-0.39, 0.29) is 5.54 Å². The lowest BCUT2D eigenvalue weighted by Crippen LogP contribution is -2.37. The molecule has 0 atom stereocenters. The molecular formula is C14H20N2OS. The summed E-state index contributed by atoms with van der Waals surface area (Å²) in [6.45, 7) is 7.49. The number of fused-ring (bicyclic) bond motifs is 1. The van der Waals surface area contributed by atoms with Crippen LogP contribution in [0, 0.1) is 0 Å². The van der Waals surface area contributed by atoms with E-state index in [4.69, 9.17) is 4.74 Å². The first kappa shape index (κ1) is 13.3. The summed E-state index contributed by atoms with van der Waals surface area (Å²) in [4.78, 5) is 4.63. The van der Waals surface area contributed by atoms with Gasteiger partial charge < -0.3 is 10.1 Å². The van der Waals surface area contributed by atoms with E-state index in [2.05, 4.69) is 31.1 Å². The smallest absolute Gasteiger partial charge is 0.120 e. The Hall–Kier alpha value is -1.13. The van der Waals surface area contributed by atoms with E-state index in [1.54, 1.807) is 18.4 Å². The topological polar surface area (TPSA) is 34.1 Å². The highest BCUT2D eigenvalue weighted by Gasteiger charge is 2.09. The largest absolute Gasteiger partial charge is 0.497 e. The molecule has 0 fully saturated rings. The van der Waals surface area contributed by atoms with Crippen LogP contribution in [0.2, 0.25) is 0 Å². The van der Waals surface area contributed by atoms with Crippen LogP contribution in [0.25, 0.3) is 10.2 Å². The van der Waals surface area contributed by atoms with Gasteiger partial charge in [0.1, 0.15) is 5.75 Å². The zero-order valence-electron chi connectivity index (χ0n) is 11.4. The van der Waals surface area contributed by atoms with Gasteiger partial charge in [0.05, 0.1) is 22.3 Å². The Bertz CT molecular complexity index is 528. The molecule has 0 aliphatic rings. The van der Waals surface area contributed by atoms with E-state index in [0.717, 1.165) is 24.2 Å². The maximum absolute atomic E-state index is 5.22. The highest BCUT2D eigenvalue weighted by molar-refractivity contribution is 7.18. The molecule has 2 rings (SSSR count). The molecule has 1 aromatic heterocycles. The van der Waals surface area contributed by atoms with Crippen LogP contribution in [-0.4, -0.2) is 24.2 Å². The monoisotopic (exact) mass is 264 g/mol. The van der Waals surface area contributed by atoms with Gasteiger partial charge in [-0.1, -0.05) is 0 Å². The zero-order chi connectivity index (χ0) is 13.2. The van der Waals surface area contributed by atoms with Crippen molar-refractivity contribution < 1.29 is 4.74 Å². The standard InChI is InChI=1S/C14H20N2OS/c1-14(2,3)15-8-7-13-16-11-6-5-10(17-4)9-12(11)18-13/h5-6,9,15H,7-8H2,1-4H3. The number of rotatable bonds is 4. The molecule has 1 N–H and O–H groups in total. The van der Waals surface area contributed by atoms with E-state index >= 15 is 0 Å². The molecule has 0 amide bonds. The van der Waals surface area contributed by atoms with Crippen molar-refractivity contribution in [3.63, 3.8) is 0 Å². The van der Waals surface area contributed by atoms with Gasteiger partial charge in [0, 0.05) is 18.5 Å². The van der Waals surface area contributed by atoms with Gasteiger partial charge >= 0.3 is 0 Å². The molecule has 3 nitrogen and oxygen atoms in total. The molecule has 0 unspecified atom stereocenters. The van der Waals surface area contributed by atoms with Crippen LogP contribution >= 0.6 is 11.3 Å². The predicted molar refractivity (Wildman–Crippen MR) is 77.6 cm³/mol. The Labute approximate surface area is 112 Å². The summed E-state index contributed by atoms with van der Waals surface area (Å²) >= 11 is 1.75. The van der Waals surface area contributed by atoms with Gasteiger partial charge in [-0.15, -0.1) is 11.3 Å². The van der Waals surface area contributed by atoms with Gasteiger partial charge in [0.2, 0.25) is 0 Å². The molecule has 0 aliphatic heterocycles. The van der Waals surface area contributed by atoms with Crippen molar-refractivity contribution in [2.24, 2.45) is 0 Å². The van der Waals surface area contributed by atoms with Gasteiger partial charge in [-0.2, -0.15) is 0 Å². The molecule has 1 aromatic carbocycles. The Balaban J connectivity index is 2.06. The first-order valence-electron chi connectivity index (χ1n) is 6.16. The van der Waals surface area contributed by atoms with Gasteiger partial charge in [-0.25, -0.2) is 4.98 Å². The van der Waals surface area contributed by atoms with E-state index in [9.17, 15) is 0 Å². The molecule has 0 spiro atoms. The van der Waals surface area contributed by atoms with Crippen molar-refractivity contribution in [2.45, 2.75) is 32.7 Å². The lowest BCUT2D eigenvalue weighted by Gasteiger charge is -2.19. The molecule has 0 radical (unpaired) electrons. The quantitative estimate of drug-likeness (QED) is 0.920. The fraction of sp³-hybridized carbons (Fsp3) is 0.500. The molecule has 98 valence electrons. The molecule has 0 saturated heterocycles. The van der Waals surface area contributed by atoms with Crippen LogP contribution in [0.3, 0.4) is 0 Å².